The smallest absolute Gasteiger partial charge is 0.407 e. The summed E-state index contributed by atoms with van der Waals surface area (Å²) >= 11 is 0. The van der Waals surface area contributed by atoms with Gasteiger partial charge in [0, 0.05) is 19.7 Å². The Kier molecular flexibility index (Phi) is 4.37. The molecule has 0 saturated carbocycles. The summed E-state index contributed by atoms with van der Waals surface area (Å²) in [5, 5.41) is 14.2. The van der Waals surface area contributed by atoms with Gasteiger partial charge >= 0.3 is 6.09 Å². The lowest BCUT2D eigenvalue weighted by molar-refractivity contribution is -0.191. The Morgan fingerprint density at radius 3 is 2.80 bits per heavy atom. The molecule has 6 N–H and O–H groups in total. The van der Waals surface area contributed by atoms with Crippen LogP contribution in [0.2, 0.25) is 0 Å². The van der Waals surface area contributed by atoms with Gasteiger partial charge in [-0.25, -0.2) is 14.8 Å². The highest BCUT2D eigenvalue weighted by Crippen LogP contribution is 2.45. The van der Waals surface area contributed by atoms with Crippen LogP contribution in [0.1, 0.15) is 20.3 Å². The Morgan fingerprint density at radius 2 is 2.16 bits per heavy atom. The van der Waals surface area contributed by atoms with Crippen molar-refractivity contribution in [3.63, 3.8) is 0 Å². The summed E-state index contributed by atoms with van der Waals surface area (Å²) in [6.07, 6.45) is -0.302. The number of nitrogens with two attached hydrogens (primary N) is 2. The van der Waals surface area contributed by atoms with Crippen LogP contribution >= 0.6 is 0 Å². The number of carbonyl (C=O) groups excluding carboxylic acids is 1. The molecule has 25 heavy (non-hydrogen) atoms. The maximum atomic E-state index is 11.8. The van der Waals surface area contributed by atoms with Crippen molar-refractivity contribution in [3.05, 3.63) is 0 Å². The molecule has 11 heteroatoms. The number of ether oxygens (including phenoxy) is 2. The second kappa shape index (κ2) is 6.23. The van der Waals surface area contributed by atoms with Gasteiger partial charge in [0.1, 0.15) is 24.8 Å². The topological polar surface area (TPSA) is 151 Å². The number of hydrogen-bond donors (Lipinski definition) is 4. The summed E-state index contributed by atoms with van der Waals surface area (Å²) in [7, 11) is 1.56. The van der Waals surface area contributed by atoms with Gasteiger partial charge in [-0.3, -0.25) is 5.21 Å². The van der Waals surface area contributed by atoms with Crippen molar-refractivity contribution in [1.29, 1.82) is 0 Å². The van der Waals surface area contributed by atoms with Gasteiger partial charge < -0.3 is 31.2 Å². The molecular formula is C14H25N7O4. The van der Waals surface area contributed by atoms with E-state index >= 15 is 0 Å². The molecule has 3 rings (SSSR count). The summed E-state index contributed by atoms with van der Waals surface area (Å²) in [4.78, 5) is 22.3. The summed E-state index contributed by atoms with van der Waals surface area (Å²) < 4.78 is 10.8. The van der Waals surface area contributed by atoms with Crippen LogP contribution < -0.4 is 16.8 Å². The van der Waals surface area contributed by atoms with Crippen LogP contribution in [0.25, 0.3) is 0 Å². The molecule has 0 aliphatic carbocycles. The van der Waals surface area contributed by atoms with E-state index in [9.17, 15) is 10.0 Å². The third-order valence-corrected chi connectivity index (χ3v) is 4.80. The fourth-order valence-electron chi connectivity index (χ4n) is 3.85. The lowest BCUT2D eigenvalue weighted by Gasteiger charge is -2.49. The van der Waals surface area contributed by atoms with Crippen LogP contribution in [0, 0.1) is 0 Å². The van der Waals surface area contributed by atoms with Gasteiger partial charge in [0.2, 0.25) is 5.96 Å². The minimum atomic E-state index is -1.08. The number of hydrogen-bond acceptors (Lipinski definition) is 10. The molecule has 0 radical (unpaired) electrons. The van der Waals surface area contributed by atoms with Crippen molar-refractivity contribution < 1.29 is 19.5 Å². The number of nitrogens with zero attached hydrogens (tertiary/aromatic N) is 4. The zero-order chi connectivity index (χ0) is 18.4. The first-order valence-corrected chi connectivity index (χ1v) is 8.21. The molecular weight excluding hydrogens is 330 g/mol. The van der Waals surface area contributed by atoms with Crippen LogP contribution in [0.4, 0.5) is 4.79 Å². The molecule has 3 heterocycles. The molecule has 4 unspecified atom stereocenters. The highest BCUT2D eigenvalue weighted by atomic mass is 16.6. The average molecular weight is 355 g/mol. The molecule has 4 atom stereocenters. The predicted octanol–water partition coefficient (Wildman–Crippen LogP) is -1.38. The first-order valence-electron chi connectivity index (χ1n) is 8.21. The molecule has 3 aliphatic rings. The molecule has 0 aromatic rings. The number of hydroxylamine groups is 2. The quantitative estimate of drug-likeness (QED) is 0.482. The van der Waals surface area contributed by atoms with Crippen molar-refractivity contribution in [1.82, 2.24) is 15.3 Å². The molecule has 0 aromatic carbocycles. The largest absolute Gasteiger partial charge is 0.447 e. The second-order valence-corrected chi connectivity index (χ2v) is 6.64. The van der Waals surface area contributed by atoms with E-state index in [1.54, 1.807) is 12.0 Å². The van der Waals surface area contributed by atoms with Gasteiger partial charge in [0.25, 0.3) is 0 Å². The van der Waals surface area contributed by atoms with Gasteiger partial charge in [0.15, 0.2) is 11.6 Å². The Labute approximate surface area is 145 Å². The molecule has 1 spiro atoms. The number of aliphatic imine (C=N–C) groups is 2. The SMILES string of the molecule is COC1CCN2C(N)=NC(COC(=O)NC(C)C)C3N=C(N)N(O)C132. The van der Waals surface area contributed by atoms with E-state index in [0.29, 0.717) is 13.0 Å². The monoisotopic (exact) mass is 355 g/mol. The summed E-state index contributed by atoms with van der Waals surface area (Å²) in [5.41, 5.74) is 10.9. The maximum Gasteiger partial charge on any atom is 0.407 e. The van der Waals surface area contributed by atoms with Crippen molar-refractivity contribution in [2.75, 3.05) is 20.3 Å². The maximum absolute atomic E-state index is 11.8. The number of carbonyl (C=O) groups is 1. The van der Waals surface area contributed by atoms with E-state index in [4.69, 9.17) is 20.9 Å². The van der Waals surface area contributed by atoms with Crippen molar-refractivity contribution >= 4 is 18.0 Å². The van der Waals surface area contributed by atoms with E-state index in [2.05, 4.69) is 15.3 Å². The average Bonchev–Trinajstić information content (AvgIpc) is 3.06. The van der Waals surface area contributed by atoms with Crippen LogP contribution in [-0.4, -0.2) is 83.3 Å². The molecule has 11 nitrogen and oxygen atoms in total. The highest BCUT2D eigenvalue weighted by Gasteiger charge is 2.67. The van der Waals surface area contributed by atoms with E-state index in [1.165, 1.54) is 0 Å². The zero-order valence-corrected chi connectivity index (χ0v) is 14.5. The Hall–Kier alpha value is -2.27. The fourth-order valence-corrected chi connectivity index (χ4v) is 3.85. The first kappa shape index (κ1) is 17.5. The van der Waals surface area contributed by atoms with Crippen molar-refractivity contribution in [3.8, 4) is 0 Å². The number of alkyl carbamates (subject to hydrolysis) is 1. The number of nitrogens with one attached hydrogen (secondary N) is 1. The van der Waals surface area contributed by atoms with Crippen LogP contribution in [-0.2, 0) is 9.47 Å². The summed E-state index contributed by atoms with van der Waals surface area (Å²) in [6.45, 7) is 4.17. The number of methoxy groups -OCH3 is 1. The standard InChI is InChI=1S/C14H25N7O4/c1-7(2)17-13(22)25-6-8-10-14(21(23)12(16)19-10)9(24-3)4-5-20(14)11(15)18-8/h7-10,23H,4-6H2,1-3H3,(H2,15,18)(H2,16,19)(H,17,22). The number of amides is 1. The van der Waals surface area contributed by atoms with Crippen LogP contribution in [0.3, 0.4) is 0 Å². The molecule has 0 aromatic heterocycles. The Balaban J connectivity index is 1.87. The minimum absolute atomic E-state index is 0.0411. The van der Waals surface area contributed by atoms with Crippen LogP contribution in [0.15, 0.2) is 9.98 Å². The number of guanidine groups is 2. The molecule has 0 bridgehead atoms. The normalized spacial score (nSPS) is 33.7. The van der Waals surface area contributed by atoms with E-state index < -0.39 is 23.8 Å². The van der Waals surface area contributed by atoms with Crippen molar-refractivity contribution in [2.45, 2.75) is 50.2 Å². The lowest BCUT2D eigenvalue weighted by atomic mass is 9.89. The van der Waals surface area contributed by atoms with Gasteiger partial charge in [-0.05, 0) is 20.3 Å². The van der Waals surface area contributed by atoms with E-state index in [1.807, 2.05) is 13.8 Å². The van der Waals surface area contributed by atoms with Gasteiger partial charge in [-0.15, -0.1) is 0 Å². The van der Waals surface area contributed by atoms with Gasteiger partial charge in [-0.1, -0.05) is 0 Å². The second-order valence-electron chi connectivity index (χ2n) is 6.64. The highest BCUT2D eigenvalue weighted by molar-refractivity contribution is 5.86. The number of rotatable bonds is 4. The van der Waals surface area contributed by atoms with Gasteiger partial charge in [0.05, 0.1) is 0 Å². The lowest BCUT2D eigenvalue weighted by Crippen LogP contribution is -2.73. The third kappa shape index (κ3) is 2.54. The third-order valence-electron chi connectivity index (χ3n) is 4.80. The van der Waals surface area contributed by atoms with Gasteiger partial charge in [-0.2, -0.15) is 5.06 Å². The predicted molar refractivity (Wildman–Crippen MR) is 88.9 cm³/mol. The summed E-state index contributed by atoms with van der Waals surface area (Å²) in [5.74, 6) is 0.193. The zero-order valence-electron chi connectivity index (χ0n) is 14.5. The van der Waals surface area contributed by atoms with Crippen LogP contribution in [0.5, 0.6) is 0 Å². The Morgan fingerprint density at radius 1 is 1.44 bits per heavy atom. The summed E-state index contributed by atoms with van der Waals surface area (Å²) in [6, 6.07) is -1.21. The van der Waals surface area contributed by atoms with E-state index in [-0.39, 0.29) is 30.7 Å². The minimum Gasteiger partial charge on any atom is -0.447 e. The fraction of sp³-hybridized carbons (Fsp3) is 0.786. The molecule has 140 valence electrons. The van der Waals surface area contributed by atoms with E-state index in [0.717, 1.165) is 5.06 Å². The molecule has 1 saturated heterocycles. The Bertz CT molecular complexity index is 610. The first-order chi connectivity index (χ1) is 11.8. The molecule has 1 amide bonds. The molecule has 3 aliphatic heterocycles. The molecule has 1 fully saturated rings. The van der Waals surface area contributed by atoms with Crippen molar-refractivity contribution in [2.24, 2.45) is 21.5 Å².